The first-order valence-electron chi connectivity index (χ1n) is 6.66. The Balaban J connectivity index is 2.15. The van der Waals surface area contributed by atoms with Crippen LogP contribution in [0.5, 0.6) is 0 Å². The second-order valence-electron chi connectivity index (χ2n) is 4.99. The lowest BCUT2D eigenvalue weighted by Gasteiger charge is -2.42. The Bertz CT molecular complexity index is 201. The fourth-order valence-corrected chi connectivity index (χ4v) is 2.14. The molecule has 4 unspecified atom stereocenters. The SMILES string of the molecule is CCCC(C)COC1CC(N)C1OCCOC. The van der Waals surface area contributed by atoms with Gasteiger partial charge in [-0.2, -0.15) is 0 Å². The summed E-state index contributed by atoms with van der Waals surface area (Å²) in [4.78, 5) is 0. The first-order chi connectivity index (χ1) is 8.19. The van der Waals surface area contributed by atoms with E-state index in [0.29, 0.717) is 19.1 Å². The van der Waals surface area contributed by atoms with Crippen molar-refractivity contribution in [1.29, 1.82) is 0 Å². The molecule has 0 aromatic heterocycles. The predicted molar refractivity (Wildman–Crippen MR) is 68.0 cm³/mol. The molecule has 17 heavy (non-hydrogen) atoms. The maximum absolute atomic E-state index is 5.91. The zero-order valence-electron chi connectivity index (χ0n) is 11.4. The lowest BCUT2D eigenvalue weighted by Crippen LogP contribution is -2.58. The van der Waals surface area contributed by atoms with Crippen molar-refractivity contribution < 1.29 is 14.2 Å². The van der Waals surface area contributed by atoms with Gasteiger partial charge in [0, 0.05) is 19.8 Å². The van der Waals surface area contributed by atoms with Crippen LogP contribution in [0.15, 0.2) is 0 Å². The molecule has 1 aliphatic rings. The number of nitrogens with two attached hydrogens (primary N) is 1. The molecule has 0 radical (unpaired) electrons. The average molecular weight is 245 g/mol. The molecule has 0 spiro atoms. The fraction of sp³-hybridized carbons (Fsp3) is 1.00. The van der Waals surface area contributed by atoms with Crippen molar-refractivity contribution in [1.82, 2.24) is 0 Å². The van der Waals surface area contributed by atoms with Crippen molar-refractivity contribution in [3.05, 3.63) is 0 Å². The molecule has 4 nitrogen and oxygen atoms in total. The van der Waals surface area contributed by atoms with E-state index in [-0.39, 0.29) is 18.2 Å². The first-order valence-corrected chi connectivity index (χ1v) is 6.66. The van der Waals surface area contributed by atoms with Gasteiger partial charge in [-0.25, -0.2) is 0 Å². The van der Waals surface area contributed by atoms with Gasteiger partial charge in [-0.15, -0.1) is 0 Å². The monoisotopic (exact) mass is 245 g/mol. The van der Waals surface area contributed by atoms with Crippen LogP contribution in [-0.4, -0.2) is 45.2 Å². The van der Waals surface area contributed by atoms with E-state index < -0.39 is 0 Å². The van der Waals surface area contributed by atoms with Gasteiger partial charge in [-0.05, 0) is 18.8 Å². The van der Waals surface area contributed by atoms with Gasteiger partial charge in [-0.3, -0.25) is 0 Å². The molecular formula is C13H27NO3. The number of hydrogen-bond donors (Lipinski definition) is 1. The minimum Gasteiger partial charge on any atom is -0.382 e. The maximum Gasteiger partial charge on any atom is 0.0989 e. The van der Waals surface area contributed by atoms with Crippen LogP contribution in [0.2, 0.25) is 0 Å². The third kappa shape index (κ3) is 4.92. The third-order valence-corrected chi connectivity index (χ3v) is 3.27. The predicted octanol–water partition coefficient (Wildman–Crippen LogP) is 1.57. The Morgan fingerprint density at radius 3 is 2.65 bits per heavy atom. The minimum atomic E-state index is 0.0546. The second-order valence-corrected chi connectivity index (χ2v) is 4.99. The summed E-state index contributed by atoms with van der Waals surface area (Å²) in [5.41, 5.74) is 5.91. The van der Waals surface area contributed by atoms with Gasteiger partial charge < -0.3 is 19.9 Å². The molecule has 1 rings (SSSR count). The van der Waals surface area contributed by atoms with Crippen molar-refractivity contribution in [2.45, 2.75) is 51.4 Å². The van der Waals surface area contributed by atoms with Crippen LogP contribution in [0.25, 0.3) is 0 Å². The van der Waals surface area contributed by atoms with Crippen LogP contribution < -0.4 is 5.73 Å². The van der Waals surface area contributed by atoms with Crippen LogP contribution in [-0.2, 0) is 14.2 Å². The number of rotatable bonds is 9. The molecule has 4 atom stereocenters. The first kappa shape index (κ1) is 14.9. The standard InChI is InChI=1S/C13H27NO3/c1-4-5-10(2)9-17-12-8-11(14)13(12)16-7-6-15-3/h10-13H,4-9,14H2,1-3H3. The van der Waals surface area contributed by atoms with Gasteiger partial charge in [0.25, 0.3) is 0 Å². The van der Waals surface area contributed by atoms with Crippen molar-refractivity contribution in [2.75, 3.05) is 26.9 Å². The molecule has 0 amide bonds. The number of ether oxygens (including phenoxy) is 3. The van der Waals surface area contributed by atoms with E-state index in [0.717, 1.165) is 13.0 Å². The molecule has 4 heteroatoms. The summed E-state index contributed by atoms with van der Waals surface area (Å²) < 4.78 is 16.5. The smallest absolute Gasteiger partial charge is 0.0989 e. The molecule has 0 aromatic rings. The van der Waals surface area contributed by atoms with Gasteiger partial charge in [-0.1, -0.05) is 20.3 Å². The highest BCUT2D eigenvalue weighted by atomic mass is 16.6. The third-order valence-electron chi connectivity index (χ3n) is 3.27. The zero-order valence-corrected chi connectivity index (χ0v) is 11.4. The summed E-state index contributed by atoms with van der Waals surface area (Å²) in [6.07, 6.45) is 3.58. The van der Waals surface area contributed by atoms with E-state index in [1.165, 1.54) is 12.8 Å². The molecule has 0 bridgehead atoms. The van der Waals surface area contributed by atoms with Crippen molar-refractivity contribution in [3.8, 4) is 0 Å². The Labute approximate surface area is 105 Å². The van der Waals surface area contributed by atoms with E-state index in [1.807, 2.05) is 0 Å². The topological polar surface area (TPSA) is 53.7 Å². The van der Waals surface area contributed by atoms with Crippen LogP contribution in [0.1, 0.15) is 33.1 Å². The molecule has 0 heterocycles. The van der Waals surface area contributed by atoms with Crippen LogP contribution in [0.4, 0.5) is 0 Å². The van der Waals surface area contributed by atoms with E-state index in [9.17, 15) is 0 Å². The Kier molecular flexibility index (Phi) is 7.04. The maximum atomic E-state index is 5.91. The van der Waals surface area contributed by atoms with E-state index in [1.54, 1.807) is 7.11 Å². The quantitative estimate of drug-likeness (QED) is 0.627. The molecule has 1 fully saturated rings. The highest BCUT2D eigenvalue weighted by Gasteiger charge is 2.40. The normalized spacial score (nSPS) is 30.0. The van der Waals surface area contributed by atoms with Crippen molar-refractivity contribution >= 4 is 0 Å². The minimum absolute atomic E-state index is 0.0546. The van der Waals surface area contributed by atoms with Crippen LogP contribution >= 0.6 is 0 Å². The molecule has 1 saturated carbocycles. The number of methoxy groups -OCH3 is 1. The Morgan fingerprint density at radius 2 is 2.06 bits per heavy atom. The molecule has 102 valence electrons. The summed E-state index contributed by atoms with van der Waals surface area (Å²) in [6, 6.07) is 0.123. The second kappa shape index (κ2) is 8.03. The summed E-state index contributed by atoms with van der Waals surface area (Å²) in [6.45, 7) is 6.45. The lowest BCUT2D eigenvalue weighted by atomic mass is 9.86. The van der Waals surface area contributed by atoms with Gasteiger partial charge in [0.15, 0.2) is 0 Å². The van der Waals surface area contributed by atoms with E-state index >= 15 is 0 Å². The number of hydrogen-bond acceptors (Lipinski definition) is 4. The molecule has 1 aliphatic carbocycles. The molecular weight excluding hydrogens is 218 g/mol. The highest BCUT2D eigenvalue weighted by Crippen LogP contribution is 2.26. The summed E-state index contributed by atoms with van der Waals surface area (Å²) in [5.74, 6) is 0.622. The average Bonchev–Trinajstić information content (AvgIpc) is 2.30. The molecule has 0 aliphatic heterocycles. The van der Waals surface area contributed by atoms with E-state index in [4.69, 9.17) is 19.9 Å². The van der Waals surface area contributed by atoms with Gasteiger partial charge in [0.1, 0.15) is 0 Å². The summed E-state index contributed by atoms with van der Waals surface area (Å²) in [5, 5.41) is 0. The largest absolute Gasteiger partial charge is 0.382 e. The Morgan fingerprint density at radius 1 is 1.29 bits per heavy atom. The van der Waals surface area contributed by atoms with Gasteiger partial charge in [0.2, 0.25) is 0 Å². The Hall–Kier alpha value is -0.160. The van der Waals surface area contributed by atoms with Crippen molar-refractivity contribution in [2.24, 2.45) is 11.7 Å². The lowest BCUT2D eigenvalue weighted by molar-refractivity contribution is -0.149. The zero-order chi connectivity index (χ0) is 12.7. The molecule has 0 saturated heterocycles. The molecule has 0 aromatic carbocycles. The van der Waals surface area contributed by atoms with Gasteiger partial charge in [0.05, 0.1) is 25.4 Å². The van der Waals surface area contributed by atoms with E-state index in [2.05, 4.69) is 13.8 Å². The summed E-state index contributed by atoms with van der Waals surface area (Å²) in [7, 11) is 1.67. The van der Waals surface area contributed by atoms with Crippen LogP contribution in [0.3, 0.4) is 0 Å². The van der Waals surface area contributed by atoms with Crippen LogP contribution in [0, 0.1) is 5.92 Å². The molecule has 2 N–H and O–H groups in total. The highest BCUT2D eigenvalue weighted by molar-refractivity contribution is 4.95. The van der Waals surface area contributed by atoms with Crippen molar-refractivity contribution in [3.63, 3.8) is 0 Å². The van der Waals surface area contributed by atoms with Gasteiger partial charge >= 0.3 is 0 Å². The fourth-order valence-electron chi connectivity index (χ4n) is 2.14. The summed E-state index contributed by atoms with van der Waals surface area (Å²) >= 11 is 0.